The third-order valence-electron chi connectivity index (χ3n) is 2.32. The molecule has 1 aromatic heterocycles. The molecule has 0 N–H and O–H groups in total. The van der Waals surface area contributed by atoms with Gasteiger partial charge in [-0.25, -0.2) is 0 Å². The Labute approximate surface area is 92.1 Å². The molecule has 0 aliphatic heterocycles. The summed E-state index contributed by atoms with van der Waals surface area (Å²) in [6, 6.07) is 8.38. The third kappa shape index (κ3) is 2.62. The van der Waals surface area contributed by atoms with E-state index in [1.54, 1.807) is 6.26 Å². The van der Waals surface area contributed by atoms with Crippen molar-refractivity contribution in [3.63, 3.8) is 0 Å². The molecule has 0 aliphatic carbocycles. The van der Waals surface area contributed by atoms with E-state index in [0.29, 0.717) is 0 Å². The summed E-state index contributed by atoms with van der Waals surface area (Å²) in [6.07, 6.45) is 1.73. The highest BCUT2D eigenvalue weighted by atomic mass is 16.3. The molecule has 0 spiro atoms. The molecule has 0 amide bonds. The van der Waals surface area contributed by atoms with E-state index in [1.165, 1.54) is 10.9 Å². The molecule has 1 heterocycles. The van der Waals surface area contributed by atoms with Crippen molar-refractivity contribution in [3.05, 3.63) is 36.1 Å². The summed E-state index contributed by atoms with van der Waals surface area (Å²) in [7, 11) is 0. The van der Waals surface area contributed by atoms with Crippen LogP contribution < -0.4 is 0 Å². The maximum absolute atomic E-state index is 5.35. The molecule has 0 atom stereocenters. The maximum atomic E-state index is 5.35. The van der Waals surface area contributed by atoms with Gasteiger partial charge in [-0.3, -0.25) is 0 Å². The Morgan fingerprint density at radius 1 is 1.00 bits per heavy atom. The van der Waals surface area contributed by atoms with Gasteiger partial charge in [0.15, 0.2) is 0 Å². The lowest BCUT2D eigenvalue weighted by atomic mass is 9.87. The second-order valence-corrected chi connectivity index (χ2v) is 4.42. The molecule has 0 saturated heterocycles. The van der Waals surface area contributed by atoms with Gasteiger partial charge < -0.3 is 4.42 Å². The van der Waals surface area contributed by atoms with Gasteiger partial charge in [0.1, 0.15) is 5.58 Å². The second kappa shape index (κ2) is 4.52. The van der Waals surface area contributed by atoms with Crippen LogP contribution in [0.4, 0.5) is 0 Å². The van der Waals surface area contributed by atoms with Gasteiger partial charge in [-0.05, 0) is 23.1 Å². The van der Waals surface area contributed by atoms with Crippen molar-refractivity contribution in [2.45, 2.75) is 40.0 Å². The van der Waals surface area contributed by atoms with Crippen LogP contribution >= 0.6 is 0 Å². The molecular formula is C14H20O. The first-order valence-corrected chi connectivity index (χ1v) is 5.55. The average Bonchev–Trinajstić information content (AvgIpc) is 2.66. The van der Waals surface area contributed by atoms with E-state index >= 15 is 0 Å². The predicted molar refractivity (Wildman–Crippen MR) is 66.3 cm³/mol. The van der Waals surface area contributed by atoms with Gasteiger partial charge in [-0.1, -0.05) is 46.8 Å². The fraction of sp³-hybridized carbons (Fsp3) is 0.429. The second-order valence-electron chi connectivity index (χ2n) is 4.42. The van der Waals surface area contributed by atoms with Crippen LogP contribution in [0.25, 0.3) is 11.0 Å². The summed E-state index contributed by atoms with van der Waals surface area (Å²) in [5, 5.41) is 1.17. The lowest BCUT2D eigenvalue weighted by molar-refractivity contribution is 0.583. The first-order valence-electron chi connectivity index (χ1n) is 5.55. The van der Waals surface area contributed by atoms with Gasteiger partial charge in [-0.15, -0.1) is 0 Å². The first kappa shape index (κ1) is 11.8. The summed E-state index contributed by atoms with van der Waals surface area (Å²) in [4.78, 5) is 0. The van der Waals surface area contributed by atoms with Crippen LogP contribution in [0.15, 0.2) is 34.9 Å². The highest BCUT2D eigenvalue weighted by Crippen LogP contribution is 2.26. The quantitative estimate of drug-likeness (QED) is 0.603. The molecular weight excluding hydrogens is 184 g/mol. The first-order chi connectivity index (χ1) is 7.07. The Morgan fingerprint density at radius 2 is 1.67 bits per heavy atom. The lowest BCUT2D eigenvalue weighted by Gasteiger charge is -2.18. The van der Waals surface area contributed by atoms with Crippen molar-refractivity contribution in [3.8, 4) is 0 Å². The smallest absolute Gasteiger partial charge is 0.134 e. The van der Waals surface area contributed by atoms with Gasteiger partial charge >= 0.3 is 0 Å². The molecule has 0 fully saturated rings. The predicted octanol–water partition coefficient (Wildman–Crippen LogP) is 4.76. The number of fused-ring (bicyclic) bond motifs is 1. The Kier molecular flexibility index (Phi) is 3.57. The highest BCUT2D eigenvalue weighted by molar-refractivity contribution is 5.77. The van der Waals surface area contributed by atoms with Crippen LogP contribution in [0.3, 0.4) is 0 Å². The number of furan rings is 1. The van der Waals surface area contributed by atoms with Crippen molar-refractivity contribution in [1.29, 1.82) is 0 Å². The zero-order valence-electron chi connectivity index (χ0n) is 10.3. The molecule has 0 aliphatic rings. The van der Waals surface area contributed by atoms with Gasteiger partial charge in [0.05, 0.1) is 6.26 Å². The van der Waals surface area contributed by atoms with Gasteiger partial charge in [0.25, 0.3) is 0 Å². The molecule has 2 rings (SSSR count). The number of benzene rings is 1. The Balaban J connectivity index is 0.000000531. The van der Waals surface area contributed by atoms with Crippen LogP contribution in [0.5, 0.6) is 0 Å². The number of rotatable bonds is 0. The van der Waals surface area contributed by atoms with Crippen molar-refractivity contribution in [1.82, 2.24) is 0 Å². The minimum Gasteiger partial charge on any atom is -0.464 e. The molecule has 1 aromatic carbocycles. The van der Waals surface area contributed by atoms with E-state index in [9.17, 15) is 0 Å². The summed E-state index contributed by atoms with van der Waals surface area (Å²) in [5.41, 5.74) is 2.49. The third-order valence-corrected chi connectivity index (χ3v) is 2.32. The van der Waals surface area contributed by atoms with Crippen molar-refractivity contribution >= 4 is 11.0 Å². The summed E-state index contributed by atoms with van der Waals surface area (Å²) in [5.74, 6) is 0. The fourth-order valence-corrected chi connectivity index (χ4v) is 1.42. The van der Waals surface area contributed by atoms with E-state index in [-0.39, 0.29) is 5.41 Å². The number of hydrogen-bond acceptors (Lipinski definition) is 1. The van der Waals surface area contributed by atoms with Gasteiger partial charge in [-0.2, -0.15) is 0 Å². The Morgan fingerprint density at radius 3 is 2.27 bits per heavy atom. The van der Waals surface area contributed by atoms with Crippen LogP contribution in [0.1, 0.15) is 40.2 Å². The molecule has 2 aromatic rings. The lowest BCUT2D eigenvalue weighted by Crippen LogP contribution is -2.10. The average molecular weight is 204 g/mol. The zero-order chi connectivity index (χ0) is 11.5. The van der Waals surface area contributed by atoms with Crippen molar-refractivity contribution in [2.75, 3.05) is 0 Å². The molecule has 15 heavy (non-hydrogen) atoms. The van der Waals surface area contributed by atoms with Crippen molar-refractivity contribution < 1.29 is 4.42 Å². The maximum Gasteiger partial charge on any atom is 0.134 e. The van der Waals surface area contributed by atoms with E-state index in [2.05, 4.69) is 39.0 Å². The fourth-order valence-electron chi connectivity index (χ4n) is 1.42. The molecule has 0 unspecified atom stereocenters. The van der Waals surface area contributed by atoms with Gasteiger partial charge in [0, 0.05) is 5.39 Å². The minimum absolute atomic E-state index is 0.195. The molecule has 0 saturated carbocycles. The van der Waals surface area contributed by atoms with Gasteiger partial charge in [0.2, 0.25) is 0 Å². The van der Waals surface area contributed by atoms with Crippen LogP contribution in [-0.4, -0.2) is 0 Å². The van der Waals surface area contributed by atoms with E-state index < -0.39 is 0 Å². The highest BCUT2D eigenvalue weighted by Gasteiger charge is 2.14. The van der Waals surface area contributed by atoms with Crippen molar-refractivity contribution in [2.24, 2.45) is 0 Å². The molecule has 1 heteroatoms. The molecule has 0 radical (unpaired) electrons. The topological polar surface area (TPSA) is 13.1 Å². The molecule has 1 nitrogen and oxygen atoms in total. The standard InChI is InChI=1S/C12H14O.C2H6/c1-12(2,3)10-5-4-9-6-7-13-11(9)8-10;1-2/h4-8H,1-3H3;1-2H3. The van der Waals surface area contributed by atoms with Crippen LogP contribution in [0, 0.1) is 0 Å². The molecule has 82 valence electrons. The minimum atomic E-state index is 0.195. The van der Waals surface area contributed by atoms with Crippen LogP contribution in [0.2, 0.25) is 0 Å². The van der Waals surface area contributed by atoms with E-state index in [0.717, 1.165) is 5.58 Å². The number of hydrogen-bond donors (Lipinski definition) is 0. The van der Waals surface area contributed by atoms with E-state index in [1.807, 2.05) is 19.9 Å². The summed E-state index contributed by atoms with van der Waals surface area (Å²) >= 11 is 0. The SMILES string of the molecule is CC.CC(C)(C)c1ccc2ccoc2c1. The molecule has 0 bridgehead atoms. The largest absolute Gasteiger partial charge is 0.464 e. The summed E-state index contributed by atoms with van der Waals surface area (Å²) in [6.45, 7) is 10.6. The Hall–Kier alpha value is -1.24. The monoisotopic (exact) mass is 204 g/mol. The van der Waals surface area contributed by atoms with Crippen LogP contribution in [-0.2, 0) is 5.41 Å². The normalized spacial score (nSPS) is 11.0. The zero-order valence-corrected chi connectivity index (χ0v) is 10.3. The Bertz CT molecular complexity index is 418. The van der Waals surface area contributed by atoms with E-state index in [4.69, 9.17) is 4.42 Å². The summed E-state index contributed by atoms with van der Waals surface area (Å²) < 4.78 is 5.35.